The van der Waals surface area contributed by atoms with E-state index >= 15 is 0 Å². The molecule has 0 spiro atoms. The second-order valence-electron chi connectivity index (χ2n) is 10.7. The predicted octanol–water partition coefficient (Wildman–Crippen LogP) is 12.5. The van der Waals surface area contributed by atoms with Crippen LogP contribution in [0.1, 0.15) is 11.0 Å². The molecule has 0 fully saturated rings. The predicted molar refractivity (Wildman–Crippen MR) is 188 cm³/mol. The molecule has 0 nitrogen and oxygen atoms in total. The first-order valence-electron chi connectivity index (χ1n) is 18.1. The smallest absolute Gasteiger partial charge is 0.0629 e. The Balaban J connectivity index is 1.44. The van der Waals surface area contributed by atoms with E-state index in [4.69, 9.17) is 5.48 Å². The molecule has 1 heteroatoms. The van der Waals surface area contributed by atoms with E-state index in [-0.39, 0.29) is 45.7 Å². The van der Waals surface area contributed by atoms with Crippen molar-refractivity contribution in [3.05, 3.63) is 158 Å². The molecule has 0 radical (unpaired) electrons. The number of rotatable bonds is 3. The summed E-state index contributed by atoms with van der Waals surface area (Å²) < 4.78 is 74.2. The molecule has 1 aromatic heterocycles. The summed E-state index contributed by atoms with van der Waals surface area (Å²) in [5, 5.41) is 5.10. The summed E-state index contributed by atoms with van der Waals surface area (Å²) in [6.07, 6.45) is 0. The Morgan fingerprint density at radius 3 is 1.74 bits per heavy atom. The fraction of sp³-hybridized carbons (Fsp3) is 0. The van der Waals surface area contributed by atoms with Crippen LogP contribution in [-0.2, 0) is 0 Å². The molecule has 0 atom stereocenters. The lowest BCUT2D eigenvalue weighted by Crippen LogP contribution is -1.91. The first kappa shape index (κ1) is 17.7. The van der Waals surface area contributed by atoms with Crippen LogP contribution in [0.3, 0.4) is 0 Å². The monoisotopic (exact) mass is 570 g/mol. The molecule has 0 amide bonds. The van der Waals surface area contributed by atoms with Gasteiger partial charge >= 0.3 is 0 Å². The van der Waals surface area contributed by atoms with Crippen molar-refractivity contribution in [2.45, 2.75) is 0 Å². The van der Waals surface area contributed by atoms with Crippen molar-refractivity contribution in [1.82, 2.24) is 0 Å². The number of hydrogen-bond donors (Lipinski definition) is 0. The molecular formula is C42H26S. The maximum absolute atomic E-state index is 9.32. The average Bonchev–Trinajstić information content (AvgIpc) is 3.55. The highest BCUT2D eigenvalue weighted by Gasteiger charge is 2.19. The van der Waals surface area contributed by atoms with Crippen molar-refractivity contribution < 1.29 is 11.0 Å². The number of fused-ring (bicyclic) bond motifs is 6. The number of thiophene rings is 1. The third-order valence-corrected chi connectivity index (χ3v) is 9.52. The van der Waals surface area contributed by atoms with Crippen molar-refractivity contribution >= 4 is 63.8 Å². The van der Waals surface area contributed by atoms with Gasteiger partial charge in [0.15, 0.2) is 0 Å². The third kappa shape index (κ3) is 3.82. The van der Waals surface area contributed by atoms with Crippen LogP contribution in [0.2, 0.25) is 0 Å². The summed E-state index contributed by atoms with van der Waals surface area (Å²) in [6, 6.07) is 33.1. The molecule has 0 unspecified atom stereocenters. The van der Waals surface area contributed by atoms with Gasteiger partial charge in [-0.1, -0.05) is 145 Å². The highest BCUT2D eigenvalue weighted by atomic mass is 32.1. The highest BCUT2D eigenvalue weighted by Crippen LogP contribution is 2.47. The first-order valence-corrected chi connectivity index (χ1v) is 14.9. The molecule has 0 aliphatic rings. The zero-order chi connectivity index (χ0) is 35.3. The van der Waals surface area contributed by atoms with Gasteiger partial charge in [-0.2, -0.15) is 0 Å². The summed E-state index contributed by atoms with van der Waals surface area (Å²) in [7, 11) is 0. The van der Waals surface area contributed by atoms with Crippen LogP contribution in [0.4, 0.5) is 0 Å². The normalized spacial score (nSPS) is 14.3. The maximum atomic E-state index is 9.32. The Labute approximate surface area is 265 Å². The molecule has 1 heterocycles. The summed E-state index contributed by atoms with van der Waals surface area (Å²) >= 11 is 1.55. The first-order chi connectivity index (χ1) is 24.7. The van der Waals surface area contributed by atoms with Gasteiger partial charge in [0.2, 0.25) is 0 Å². The second kappa shape index (κ2) is 9.66. The van der Waals surface area contributed by atoms with Gasteiger partial charge in [0, 0.05) is 25.7 Å². The lowest BCUT2D eigenvalue weighted by molar-refractivity contribution is 1.63. The minimum absolute atomic E-state index is 0.213. The van der Waals surface area contributed by atoms with Crippen LogP contribution < -0.4 is 0 Å². The van der Waals surface area contributed by atoms with Crippen molar-refractivity contribution in [3.63, 3.8) is 0 Å². The van der Waals surface area contributed by atoms with Gasteiger partial charge < -0.3 is 0 Å². The van der Waals surface area contributed by atoms with Crippen molar-refractivity contribution in [1.29, 1.82) is 0 Å². The van der Waals surface area contributed by atoms with Crippen molar-refractivity contribution in [3.8, 4) is 33.4 Å². The van der Waals surface area contributed by atoms with Gasteiger partial charge in [-0.25, -0.2) is 0 Å². The third-order valence-electron chi connectivity index (χ3n) is 8.30. The van der Waals surface area contributed by atoms with Crippen LogP contribution in [0, 0.1) is 0 Å². The Morgan fingerprint density at radius 2 is 1.00 bits per heavy atom. The molecule has 0 saturated heterocycles. The minimum atomic E-state index is -0.409. The molecule has 0 saturated carbocycles. The molecule has 0 aliphatic carbocycles. The Bertz CT molecular complexity index is 2860. The molecule has 9 rings (SSSR count). The van der Waals surface area contributed by atoms with Crippen molar-refractivity contribution in [2.75, 3.05) is 0 Å². The van der Waals surface area contributed by atoms with Crippen molar-refractivity contribution in [2.24, 2.45) is 0 Å². The molecule has 43 heavy (non-hydrogen) atoms. The van der Waals surface area contributed by atoms with Gasteiger partial charge in [-0.3, -0.25) is 0 Å². The van der Waals surface area contributed by atoms with Gasteiger partial charge in [0.1, 0.15) is 0 Å². The van der Waals surface area contributed by atoms with E-state index in [2.05, 4.69) is 30.3 Å². The topological polar surface area (TPSA) is 0 Å². The fourth-order valence-corrected chi connectivity index (χ4v) is 7.55. The molecule has 0 N–H and O–H groups in total. The van der Waals surface area contributed by atoms with E-state index in [9.17, 15) is 5.48 Å². The van der Waals surface area contributed by atoms with E-state index in [1.807, 2.05) is 78.9 Å². The fourth-order valence-electron chi connectivity index (χ4n) is 6.33. The summed E-state index contributed by atoms with van der Waals surface area (Å²) in [5.74, 6) is 0. The van der Waals surface area contributed by atoms with E-state index in [1.165, 1.54) is 0 Å². The Morgan fingerprint density at radius 1 is 0.419 bits per heavy atom. The lowest BCUT2D eigenvalue weighted by atomic mass is 9.85. The second-order valence-corrected chi connectivity index (χ2v) is 11.7. The molecule has 0 bridgehead atoms. The largest absolute Gasteiger partial charge is 0.135 e. The quantitative estimate of drug-likeness (QED) is 0.185. The molecule has 0 aliphatic heterocycles. The summed E-state index contributed by atoms with van der Waals surface area (Å²) in [4.78, 5) is 0. The van der Waals surface area contributed by atoms with Crippen LogP contribution in [0.15, 0.2) is 158 Å². The van der Waals surface area contributed by atoms with E-state index < -0.39 is 24.2 Å². The standard InChI is InChI=1S/C42H26S/c1-2-11-30-26-31(25-22-27(30)10-1)28-20-23-29(24-21-28)40-33-13-3-5-15-35(33)41(36-16-6-4-14-34(36)40)38-18-9-17-37-32-12-7-8-19-39(32)43-42(37)38/h1-26H/i3D,4D,5D,6D,13D,14D,15D,16D. The van der Waals surface area contributed by atoms with Crippen LogP contribution in [0.25, 0.3) is 85.9 Å². The van der Waals surface area contributed by atoms with Gasteiger partial charge in [0.05, 0.1) is 11.0 Å². The van der Waals surface area contributed by atoms with Gasteiger partial charge in [0.25, 0.3) is 0 Å². The van der Waals surface area contributed by atoms with E-state index in [0.717, 1.165) is 42.1 Å². The van der Waals surface area contributed by atoms with E-state index in [0.29, 0.717) is 22.3 Å². The lowest BCUT2D eigenvalue weighted by Gasteiger charge is -2.18. The zero-order valence-electron chi connectivity index (χ0n) is 30.8. The molecule has 200 valence electrons. The molecule has 9 aromatic rings. The zero-order valence-corrected chi connectivity index (χ0v) is 23.6. The minimum Gasteiger partial charge on any atom is -0.135 e. The SMILES string of the molecule is [2H]c1c([2H])c([2H])c2c(-c3cccc4c3sc3ccccc34)c3c([2H])c([2H])c([2H])c([2H])c3c(-c3ccc(-c4ccc5ccccc5c4)cc3)c2c1[2H]. The Kier molecular flexibility index (Phi) is 3.97. The van der Waals surface area contributed by atoms with Gasteiger partial charge in [-0.15, -0.1) is 11.3 Å². The molecular weight excluding hydrogens is 537 g/mol. The Hall–Kier alpha value is -5.24. The van der Waals surface area contributed by atoms with Crippen LogP contribution >= 0.6 is 11.3 Å². The average molecular weight is 571 g/mol. The molecule has 8 aromatic carbocycles. The van der Waals surface area contributed by atoms with Crippen LogP contribution in [-0.4, -0.2) is 0 Å². The summed E-state index contributed by atoms with van der Waals surface area (Å²) in [5.41, 5.74) is 3.89. The number of benzene rings is 8. The summed E-state index contributed by atoms with van der Waals surface area (Å²) in [6.45, 7) is 0. The highest BCUT2D eigenvalue weighted by molar-refractivity contribution is 7.26. The van der Waals surface area contributed by atoms with Crippen LogP contribution in [0.5, 0.6) is 0 Å². The maximum Gasteiger partial charge on any atom is 0.0629 e. The van der Waals surface area contributed by atoms with E-state index in [1.54, 1.807) is 11.3 Å². The number of hydrogen-bond acceptors (Lipinski definition) is 1. The van der Waals surface area contributed by atoms with Gasteiger partial charge in [-0.05, 0) is 72.3 Å².